The van der Waals surface area contributed by atoms with Crippen molar-refractivity contribution in [2.24, 2.45) is 0 Å². The molecule has 1 unspecified atom stereocenters. The monoisotopic (exact) mass is 238 g/mol. The van der Waals surface area contributed by atoms with Crippen LogP contribution in [0.2, 0.25) is 0 Å². The molecule has 1 fully saturated rings. The van der Waals surface area contributed by atoms with Gasteiger partial charge in [0.1, 0.15) is 11.3 Å². The smallest absolute Gasteiger partial charge is 0.125 e. The van der Waals surface area contributed by atoms with Crippen LogP contribution in [0.3, 0.4) is 0 Å². The summed E-state index contributed by atoms with van der Waals surface area (Å²) < 4.78 is 0. The molecule has 3 nitrogen and oxygen atoms in total. The minimum Gasteiger partial charge on any atom is -0.303 e. The molecule has 0 saturated carbocycles. The fourth-order valence-corrected chi connectivity index (χ4v) is 3.34. The van der Waals surface area contributed by atoms with E-state index in [4.69, 9.17) is 0 Å². The predicted octanol–water partition coefficient (Wildman–Crippen LogP) is 2.43. The van der Waals surface area contributed by atoms with Crippen LogP contribution in [0.25, 0.3) is 0 Å². The number of piperidine rings is 1. The van der Waals surface area contributed by atoms with Crippen molar-refractivity contribution in [2.75, 3.05) is 13.1 Å². The number of nitrogens with zero attached hydrogens (tertiary/aromatic N) is 2. The summed E-state index contributed by atoms with van der Waals surface area (Å²) in [5, 5.41) is 1.19. The van der Waals surface area contributed by atoms with Crippen molar-refractivity contribution in [3.05, 3.63) is 16.1 Å². The molecule has 0 spiro atoms. The van der Waals surface area contributed by atoms with E-state index < -0.39 is 0 Å². The maximum atomic E-state index is 10.4. The summed E-state index contributed by atoms with van der Waals surface area (Å²) in [6.45, 7) is 4.48. The van der Waals surface area contributed by atoms with E-state index in [0.29, 0.717) is 12.5 Å². The molecule has 0 amide bonds. The average Bonchev–Trinajstić information content (AvgIpc) is 2.78. The molecular formula is C12H18N2OS. The molecule has 1 saturated heterocycles. The summed E-state index contributed by atoms with van der Waals surface area (Å²) in [6, 6.07) is 0.490. The summed E-state index contributed by atoms with van der Waals surface area (Å²) in [5.41, 5.74) is 0. The van der Waals surface area contributed by atoms with Crippen LogP contribution in [0.1, 0.15) is 42.1 Å². The van der Waals surface area contributed by atoms with Crippen molar-refractivity contribution in [3.8, 4) is 0 Å². The molecule has 1 aliphatic heterocycles. The zero-order valence-corrected chi connectivity index (χ0v) is 10.5. The molecule has 1 aliphatic rings. The van der Waals surface area contributed by atoms with Gasteiger partial charge in [-0.1, -0.05) is 13.3 Å². The summed E-state index contributed by atoms with van der Waals surface area (Å²) in [6.07, 6.45) is 7.13. The van der Waals surface area contributed by atoms with E-state index in [1.807, 2.05) is 6.20 Å². The quantitative estimate of drug-likeness (QED) is 0.755. The van der Waals surface area contributed by atoms with E-state index in [0.717, 1.165) is 17.7 Å². The Morgan fingerprint density at radius 2 is 2.50 bits per heavy atom. The first-order valence-corrected chi connectivity index (χ1v) is 6.79. The van der Waals surface area contributed by atoms with Crippen LogP contribution >= 0.6 is 11.3 Å². The Morgan fingerprint density at radius 3 is 3.25 bits per heavy atom. The Balaban J connectivity index is 2.10. The second kappa shape index (κ2) is 5.55. The van der Waals surface area contributed by atoms with Crippen LogP contribution in [0, 0.1) is 0 Å². The van der Waals surface area contributed by atoms with Gasteiger partial charge in [0.2, 0.25) is 0 Å². The third kappa shape index (κ3) is 2.50. The van der Waals surface area contributed by atoms with Gasteiger partial charge in [0.15, 0.2) is 0 Å². The van der Waals surface area contributed by atoms with E-state index in [1.54, 1.807) is 11.3 Å². The Bertz CT molecular complexity index is 351. The van der Waals surface area contributed by atoms with Crippen molar-refractivity contribution in [3.63, 3.8) is 0 Å². The van der Waals surface area contributed by atoms with Gasteiger partial charge in [-0.3, -0.25) is 4.90 Å². The molecule has 1 atom stereocenters. The van der Waals surface area contributed by atoms with Gasteiger partial charge < -0.3 is 4.79 Å². The first kappa shape index (κ1) is 11.7. The molecule has 0 N–H and O–H groups in total. The third-order valence-corrected chi connectivity index (χ3v) is 4.28. The van der Waals surface area contributed by atoms with Gasteiger partial charge >= 0.3 is 0 Å². The Kier molecular flexibility index (Phi) is 4.07. The number of carbonyl (C=O) groups excluding carboxylic acids is 1. The third-order valence-electron chi connectivity index (χ3n) is 3.16. The number of hydrogen-bond acceptors (Lipinski definition) is 4. The second-order valence-corrected chi connectivity index (χ2v) is 5.32. The maximum Gasteiger partial charge on any atom is 0.125 e. The van der Waals surface area contributed by atoms with Crippen molar-refractivity contribution in [1.82, 2.24) is 9.88 Å². The van der Waals surface area contributed by atoms with Crippen molar-refractivity contribution < 1.29 is 4.79 Å². The molecular weight excluding hydrogens is 220 g/mol. The molecule has 1 aromatic heterocycles. The standard InChI is InChI=1S/C12H18N2OS/c1-2-14-7-4-3-5-11(14)12-13-9-10(16-12)6-8-15/h8-9,11H,2-7H2,1H3. The molecule has 88 valence electrons. The van der Waals surface area contributed by atoms with Gasteiger partial charge in [0.25, 0.3) is 0 Å². The van der Waals surface area contributed by atoms with Crippen molar-refractivity contribution in [2.45, 2.75) is 38.6 Å². The van der Waals surface area contributed by atoms with Gasteiger partial charge in [-0.25, -0.2) is 4.98 Å². The predicted molar refractivity (Wildman–Crippen MR) is 65.7 cm³/mol. The minimum absolute atomic E-state index is 0.490. The molecule has 0 radical (unpaired) electrons. The number of aldehydes is 1. The second-order valence-electron chi connectivity index (χ2n) is 4.18. The van der Waals surface area contributed by atoms with Gasteiger partial charge in [-0.2, -0.15) is 0 Å². The van der Waals surface area contributed by atoms with Crippen LogP contribution in [-0.2, 0) is 11.2 Å². The number of hydrogen-bond donors (Lipinski definition) is 0. The lowest BCUT2D eigenvalue weighted by molar-refractivity contribution is -0.107. The highest BCUT2D eigenvalue weighted by molar-refractivity contribution is 7.11. The van der Waals surface area contributed by atoms with Crippen molar-refractivity contribution in [1.29, 1.82) is 0 Å². The molecule has 1 aromatic rings. The van der Waals surface area contributed by atoms with Crippen molar-refractivity contribution >= 4 is 17.6 Å². The molecule has 0 aromatic carbocycles. The van der Waals surface area contributed by atoms with E-state index in [9.17, 15) is 4.79 Å². The highest BCUT2D eigenvalue weighted by Gasteiger charge is 2.24. The Morgan fingerprint density at radius 1 is 1.62 bits per heavy atom. The highest BCUT2D eigenvalue weighted by atomic mass is 32.1. The molecule has 16 heavy (non-hydrogen) atoms. The lowest BCUT2D eigenvalue weighted by atomic mass is 10.0. The van der Waals surface area contributed by atoms with E-state index in [1.165, 1.54) is 30.8 Å². The summed E-state index contributed by atoms with van der Waals surface area (Å²) in [7, 11) is 0. The van der Waals surface area contributed by atoms with Gasteiger partial charge in [-0.05, 0) is 25.9 Å². The van der Waals surface area contributed by atoms with E-state index >= 15 is 0 Å². The SMILES string of the molecule is CCN1CCCCC1c1ncc(CC=O)s1. The van der Waals surface area contributed by atoms with E-state index in [-0.39, 0.29) is 0 Å². The number of likely N-dealkylation sites (tertiary alicyclic amines) is 1. The number of aromatic nitrogens is 1. The van der Waals surface area contributed by atoms with Gasteiger partial charge in [0, 0.05) is 17.5 Å². The zero-order chi connectivity index (χ0) is 11.4. The number of thiazole rings is 1. The molecule has 0 bridgehead atoms. The van der Waals surface area contributed by atoms with Crippen LogP contribution in [0.15, 0.2) is 6.20 Å². The zero-order valence-electron chi connectivity index (χ0n) is 9.69. The van der Waals surface area contributed by atoms with Gasteiger partial charge in [0.05, 0.1) is 6.04 Å². The number of rotatable bonds is 4. The van der Waals surface area contributed by atoms with Crippen LogP contribution in [0.4, 0.5) is 0 Å². The van der Waals surface area contributed by atoms with Crippen LogP contribution in [0.5, 0.6) is 0 Å². The highest BCUT2D eigenvalue weighted by Crippen LogP contribution is 2.32. The van der Waals surface area contributed by atoms with Crippen LogP contribution < -0.4 is 0 Å². The lowest BCUT2D eigenvalue weighted by Gasteiger charge is -2.33. The summed E-state index contributed by atoms with van der Waals surface area (Å²) in [4.78, 5) is 18.5. The first-order chi connectivity index (χ1) is 7.85. The minimum atomic E-state index is 0.490. The Hall–Kier alpha value is -0.740. The average molecular weight is 238 g/mol. The summed E-state index contributed by atoms with van der Waals surface area (Å²) in [5.74, 6) is 0. The number of carbonyl (C=O) groups is 1. The maximum absolute atomic E-state index is 10.4. The largest absolute Gasteiger partial charge is 0.303 e. The van der Waals surface area contributed by atoms with Gasteiger partial charge in [-0.15, -0.1) is 11.3 Å². The molecule has 2 heterocycles. The Labute approximate surface area is 100 Å². The molecule has 4 heteroatoms. The fourth-order valence-electron chi connectivity index (χ4n) is 2.30. The first-order valence-electron chi connectivity index (χ1n) is 5.97. The van der Waals surface area contributed by atoms with Crippen LogP contribution in [-0.4, -0.2) is 29.3 Å². The molecule has 2 rings (SSSR count). The fraction of sp³-hybridized carbons (Fsp3) is 0.667. The topological polar surface area (TPSA) is 33.2 Å². The summed E-state index contributed by atoms with van der Waals surface area (Å²) >= 11 is 1.70. The normalized spacial score (nSPS) is 22.2. The molecule has 0 aliphatic carbocycles. The van der Waals surface area contributed by atoms with E-state index in [2.05, 4.69) is 16.8 Å². The lowest BCUT2D eigenvalue weighted by Crippen LogP contribution is -2.32.